The summed E-state index contributed by atoms with van der Waals surface area (Å²) in [5.41, 5.74) is 1.20. The van der Waals surface area contributed by atoms with E-state index in [1.807, 2.05) is 49.9 Å². The molecule has 0 aliphatic carbocycles. The molecular formula is C17H23BrN2O3. The Hall–Kier alpha value is -1.56. The van der Waals surface area contributed by atoms with Gasteiger partial charge in [0, 0.05) is 30.5 Å². The van der Waals surface area contributed by atoms with Crippen molar-refractivity contribution in [2.24, 2.45) is 5.92 Å². The number of rotatable bonds is 4. The van der Waals surface area contributed by atoms with Gasteiger partial charge in [-0.25, -0.2) is 4.79 Å². The first kappa shape index (κ1) is 17.8. The molecule has 6 heteroatoms. The molecule has 0 spiro atoms. The van der Waals surface area contributed by atoms with Gasteiger partial charge in [-0.2, -0.15) is 0 Å². The lowest BCUT2D eigenvalue weighted by Crippen LogP contribution is -2.27. The molecule has 1 unspecified atom stereocenters. The van der Waals surface area contributed by atoms with Gasteiger partial charge in [0.2, 0.25) is 5.91 Å². The van der Waals surface area contributed by atoms with Crippen LogP contribution in [-0.4, -0.2) is 34.4 Å². The van der Waals surface area contributed by atoms with Gasteiger partial charge in [-0.05, 0) is 44.4 Å². The molecule has 1 aliphatic heterocycles. The number of carbonyl (C=O) groups is 2. The Morgan fingerprint density at radius 1 is 1.35 bits per heavy atom. The van der Waals surface area contributed by atoms with Gasteiger partial charge in [-0.15, -0.1) is 0 Å². The monoisotopic (exact) mass is 382 g/mol. The van der Waals surface area contributed by atoms with Gasteiger partial charge in [0.25, 0.3) is 0 Å². The van der Waals surface area contributed by atoms with Crippen LogP contribution in [0, 0.1) is 5.92 Å². The molecule has 23 heavy (non-hydrogen) atoms. The van der Waals surface area contributed by atoms with Crippen molar-refractivity contribution >= 4 is 33.6 Å². The number of likely N-dealkylation sites (tertiary alicyclic amines) is 1. The first-order valence-electron chi connectivity index (χ1n) is 7.69. The van der Waals surface area contributed by atoms with Crippen LogP contribution >= 0.6 is 15.9 Å². The van der Waals surface area contributed by atoms with Gasteiger partial charge in [-0.3, -0.25) is 10.1 Å². The van der Waals surface area contributed by atoms with E-state index in [1.165, 1.54) is 0 Å². The molecular weight excluding hydrogens is 360 g/mol. The number of anilines is 1. The zero-order valence-corrected chi connectivity index (χ0v) is 15.4. The fraction of sp³-hybridized carbons (Fsp3) is 0.529. The largest absolute Gasteiger partial charge is 0.444 e. The average Bonchev–Trinajstić information content (AvgIpc) is 2.79. The van der Waals surface area contributed by atoms with Crippen LogP contribution in [0.4, 0.5) is 10.5 Å². The normalized spacial score (nSPS) is 18.2. The van der Waals surface area contributed by atoms with Crippen LogP contribution in [0.3, 0.4) is 0 Å². The van der Waals surface area contributed by atoms with Crippen molar-refractivity contribution in [3.8, 4) is 0 Å². The zero-order chi connectivity index (χ0) is 17.0. The van der Waals surface area contributed by atoms with Crippen molar-refractivity contribution in [3.05, 3.63) is 29.8 Å². The summed E-state index contributed by atoms with van der Waals surface area (Å²) in [6, 6.07) is 7.48. The molecule has 2 amide bonds. The molecule has 1 fully saturated rings. The second-order valence-electron chi connectivity index (χ2n) is 6.82. The maximum absolute atomic E-state index is 11.9. The first-order chi connectivity index (χ1) is 10.8. The highest BCUT2D eigenvalue weighted by Gasteiger charge is 2.28. The molecule has 0 radical (unpaired) electrons. The maximum atomic E-state index is 11.9. The maximum Gasteiger partial charge on any atom is 0.412 e. The Kier molecular flexibility index (Phi) is 5.68. The Morgan fingerprint density at radius 2 is 2.00 bits per heavy atom. The Morgan fingerprint density at radius 3 is 2.52 bits per heavy atom. The fourth-order valence-corrected chi connectivity index (χ4v) is 2.88. The molecule has 1 aromatic carbocycles. The highest BCUT2D eigenvalue weighted by Crippen LogP contribution is 2.22. The second kappa shape index (κ2) is 7.34. The lowest BCUT2D eigenvalue weighted by atomic mass is 10.1. The summed E-state index contributed by atoms with van der Waals surface area (Å²) in [6.45, 7) is 6.87. The van der Waals surface area contributed by atoms with Crippen LogP contribution in [0.15, 0.2) is 24.3 Å². The minimum atomic E-state index is -0.522. The molecule has 1 aromatic rings. The van der Waals surface area contributed by atoms with E-state index in [2.05, 4.69) is 21.2 Å². The van der Waals surface area contributed by atoms with E-state index in [9.17, 15) is 9.59 Å². The van der Waals surface area contributed by atoms with E-state index in [0.29, 0.717) is 24.6 Å². The third-order valence-corrected chi connectivity index (χ3v) is 4.40. The van der Waals surface area contributed by atoms with Crippen molar-refractivity contribution in [1.82, 2.24) is 4.90 Å². The van der Waals surface area contributed by atoms with E-state index in [4.69, 9.17) is 4.74 Å². The second-order valence-corrected chi connectivity index (χ2v) is 7.47. The molecule has 0 aromatic heterocycles. The molecule has 126 valence electrons. The first-order valence-corrected chi connectivity index (χ1v) is 8.81. The molecule has 1 aliphatic rings. The van der Waals surface area contributed by atoms with Crippen LogP contribution in [0.1, 0.15) is 32.8 Å². The number of carbonyl (C=O) groups excluding carboxylic acids is 2. The summed E-state index contributed by atoms with van der Waals surface area (Å²) >= 11 is 3.44. The van der Waals surface area contributed by atoms with Gasteiger partial charge >= 0.3 is 6.09 Å². The number of halogens is 1. The SMILES string of the molecule is CC(C)(C)OC(=O)Nc1ccc(CN2CC(CBr)CC2=O)cc1. The number of hydrogen-bond donors (Lipinski definition) is 1. The summed E-state index contributed by atoms with van der Waals surface area (Å²) in [4.78, 5) is 25.5. The molecule has 1 N–H and O–H groups in total. The topological polar surface area (TPSA) is 58.6 Å². The van der Waals surface area contributed by atoms with Gasteiger partial charge < -0.3 is 9.64 Å². The smallest absolute Gasteiger partial charge is 0.412 e. The van der Waals surface area contributed by atoms with E-state index < -0.39 is 11.7 Å². The summed E-state index contributed by atoms with van der Waals surface area (Å²) in [5.74, 6) is 0.598. The van der Waals surface area contributed by atoms with Crippen molar-refractivity contribution in [3.63, 3.8) is 0 Å². The van der Waals surface area contributed by atoms with Crippen molar-refractivity contribution in [2.45, 2.75) is 39.3 Å². The highest BCUT2D eigenvalue weighted by molar-refractivity contribution is 9.09. The molecule has 0 saturated carbocycles. The van der Waals surface area contributed by atoms with Crippen molar-refractivity contribution in [1.29, 1.82) is 0 Å². The van der Waals surface area contributed by atoms with Crippen LogP contribution in [0.2, 0.25) is 0 Å². The van der Waals surface area contributed by atoms with E-state index >= 15 is 0 Å². The number of ether oxygens (including phenoxy) is 1. The zero-order valence-electron chi connectivity index (χ0n) is 13.8. The van der Waals surface area contributed by atoms with Crippen molar-refractivity contribution in [2.75, 3.05) is 17.2 Å². The lowest BCUT2D eigenvalue weighted by molar-refractivity contribution is -0.128. The Balaban J connectivity index is 1.90. The summed E-state index contributed by atoms with van der Waals surface area (Å²) in [6.07, 6.45) is 0.143. The fourth-order valence-electron chi connectivity index (χ4n) is 2.45. The number of nitrogens with zero attached hydrogens (tertiary/aromatic N) is 1. The predicted molar refractivity (Wildman–Crippen MR) is 93.6 cm³/mol. The number of nitrogens with one attached hydrogen (secondary N) is 1. The molecule has 1 saturated heterocycles. The molecule has 1 atom stereocenters. The summed E-state index contributed by atoms with van der Waals surface area (Å²) in [5, 5.41) is 3.55. The van der Waals surface area contributed by atoms with E-state index in [0.717, 1.165) is 17.4 Å². The van der Waals surface area contributed by atoms with E-state index in [-0.39, 0.29) is 5.91 Å². The van der Waals surface area contributed by atoms with Gasteiger partial charge in [-0.1, -0.05) is 28.1 Å². The molecule has 1 heterocycles. The van der Waals surface area contributed by atoms with Gasteiger partial charge in [0.15, 0.2) is 0 Å². The third kappa shape index (κ3) is 5.53. The van der Waals surface area contributed by atoms with Crippen LogP contribution in [0.25, 0.3) is 0 Å². The predicted octanol–water partition coefficient (Wildman–Crippen LogP) is 3.78. The Labute approximate surface area is 145 Å². The summed E-state index contributed by atoms with van der Waals surface area (Å²) in [7, 11) is 0. The highest BCUT2D eigenvalue weighted by atomic mass is 79.9. The molecule has 2 rings (SSSR count). The molecule has 5 nitrogen and oxygen atoms in total. The van der Waals surface area contributed by atoms with Crippen LogP contribution in [0.5, 0.6) is 0 Å². The lowest BCUT2D eigenvalue weighted by Gasteiger charge is -2.20. The van der Waals surface area contributed by atoms with Crippen molar-refractivity contribution < 1.29 is 14.3 Å². The van der Waals surface area contributed by atoms with Crippen LogP contribution < -0.4 is 5.32 Å². The van der Waals surface area contributed by atoms with E-state index in [1.54, 1.807) is 0 Å². The van der Waals surface area contributed by atoms with Gasteiger partial charge in [0.1, 0.15) is 5.60 Å². The Bertz CT molecular complexity index is 566. The minimum absolute atomic E-state index is 0.199. The molecule has 0 bridgehead atoms. The van der Waals surface area contributed by atoms with Crippen LogP contribution in [-0.2, 0) is 16.1 Å². The number of hydrogen-bond acceptors (Lipinski definition) is 3. The average molecular weight is 383 g/mol. The standard InChI is InChI=1S/C17H23BrN2O3/c1-17(2,3)23-16(22)19-14-6-4-12(5-7-14)10-20-11-13(9-18)8-15(20)21/h4-7,13H,8-11H2,1-3H3,(H,19,22). The number of benzene rings is 1. The minimum Gasteiger partial charge on any atom is -0.444 e. The number of alkyl halides is 1. The third-order valence-electron chi connectivity index (χ3n) is 3.49. The number of amides is 2. The quantitative estimate of drug-likeness (QED) is 0.806. The summed E-state index contributed by atoms with van der Waals surface area (Å²) < 4.78 is 5.21. The van der Waals surface area contributed by atoms with Gasteiger partial charge in [0.05, 0.1) is 0 Å².